The molecule has 0 N–H and O–H groups in total. The molecule has 0 amide bonds. The number of rotatable bonds is 6. The summed E-state index contributed by atoms with van der Waals surface area (Å²) in [5.41, 5.74) is 14.9. The Bertz CT molecular complexity index is 3380. The third-order valence-electron chi connectivity index (χ3n) is 11.5. The molecule has 0 unspecified atom stereocenters. The topological polar surface area (TPSA) is 24.0 Å². The molecule has 58 heavy (non-hydrogen) atoms. The third-order valence-corrected chi connectivity index (χ3v) is 11.5. The molecule has 0 saturated carbocycles. The zero-order valence-electron chi connectivity index (χ0n) is 32.4. The second-order valence-electron chi connectivity index (χ2n) is 15.6. The Labute approximate surface area is 333 Å². The van der Waals surface area contributed by atoms with Crippen molar-refractivity contribution in [2.75, 3.05) is 9.80 Å². The van der Waals surface area contributed by atoms with Gasteiger partial charge in [0.1, 0.15) is 22.7 Å². The first-order valence-electron chi connectivity index (χ1n) is 19.5. The van der Waals surface area contributed by atoms with E-state index in [0.29, 0.717) is 0 Å². The SMILES string of the molecule is Cc1cc(C)cc(N(c2ccc(F)cc2)c2ccc3c(c2)oc2c4cccc5c6c7ccccc7c(N(c7ccc(F)cc7)c7cc(C)cc(C)c7)cc6n(c45)c32)c1. The first-order valence-corrected chi connectivity index (χ1v) is 19.5. The number of anilines is 6. The van der Waals surface area contributed by atoms with Gasteiger partial charge in [-0.15, -0.1) is 0 Å². The smallest absolute Gasteiger partial charge is 0.161 e. The number of benzene rings is 8. The number of hydrogen-bond acceptors (Lipinski definition) is 3. The molecule has 6 heteroatoms. The Morgan fingerprint density at radius 2 is 0.966 bits per heavy atom. The molecule has 11 aromatic rings. The lowest BCUT2D eigenvalue weighted by Gasteiger charge is -2.28. The van der Waals surface area contributed by atoms with E-state index in [0.717, 1.165) is 111 Å². The maximum atomic E-state index is 14.4. The molecule has 0 saturated heterocycles. The van der Waals surface area contributed by atoms with E-state index in [4.69, 9.17) is 4.42 Å². The number of aryl methyl sites for hydroxylation is 4. The zero-order chi connectivity index (χ0) is 39.4. The molecule has 0 radical (unpaired) electrons. The standard InChI is InChI=1S/C52H37F2N3O/c1-30-22-31(2)25-39(24-30)55(36-16-12-34(53)13-17-36)38-20-21-43-48(28-38)58-52-45-11-7-10-44-49-42-9-6-5-8-41(42)46(29-47(49)57(50(44)45)51(43)52)56(37-18-14-35(54)15-19-37)40-26-32(3)23-33(4)27-40/h5-29H,1-4H3. The number of aromatic nitrogens is 1. The Kier molecular flexibility index (Phi) is 7.45. The Balaban J connectivity index is 1.20. The highest BCUT2D eigenvalue weighted by Crippen LogP contribution is 2.49. The molecular weight excluding hydrogens is 721 g/mol. The lowest BCUT2D eigenvalue weighted by Crippen LogP contribution is -2.11. The number of para-hydroxylation sites is 1. The van der Waals surface area contributed by atoms with Gasteiger partial charge in [-0.3, -0.25) is 0 Å². The molecule has 11 rings (SSSR count). The van der Waals surface area contributed by atoms with Crippen LogP contribution in [0.2, 0.25) is 0 Å². The number of hydrogen-bond donors (Lipinski definition) is 0. The molecule has 0 aliphatic heterocycles. The van der Waals surface area contributed by atoms with Crippen LogP contribution in [0.25, 0.3) is 60.0 Å². The van der Waals surface area contributed by atoms with Crippen LogP contribution < -0.4 is 9.80 Å². The molecule has 0 atom stereocenters. The molecule has 280 valence electrons. The van der Waals surface area contributed by atoms with E-state index < -0.39 is 0 Å². The van der Waals surface area contributed by atoms with Crippen LogP contribution in [0.4, 0.5) is 42.9 Å². The molecule has 4 nitrogen and oxygen atoms in total. The van der Waals surface area contributed by atoms with Crippen LogP contribution in [0.3, 0.4) is 0 Å². The largest absolute Gasteiger partial charge is 0.454 e. The average molecular weight is 758 g/mol. The average Bonchev–Trinajstić information content (AvgIpc) is 3.85. The molecule has 0 spiro atoms. The van der Waals surface area contributed by atoms with Crippen molar-refractivity contribution < 1.29 is 13.2 Å². The van der Waals surface area contributed by atoms with Gasteiger partial charge in [-0.2, -0.15) is 0 Å². The van der Waals surface area contributed by atoms with Crippen molar-refractivity contribution >= 4 is 94.2 Å². The van der Waals surface area contributed by atoms with Crippen LogP contribution in [-0.4, -0.2) is 4.40 Å². The summed E-state index contributed by atoms with van der Waals surface area (Å²) in [4.78, 5) is 4.40. The van der Waals surface area contributed by atoms with Crippen molar-refractivity contribution in [3.8, 4) is 0 Å². The molecule has 0 aliphatic carbocycles. The van der Waals surface area contributed by atoms with Gasteiger partial charge in [-0.1, -0.05) is 48.5 Å². The summed E-state index contributed by atoms with van der Waals surface area (Å²) in [6.45, 7) is 8.41. The minimum Gasteiger partial charge on any atom is -0.454 e. The minimum atomic E-state index is -0.281. The first kappa shape index (κ1) is 34.1. The summed E-state index contributed by atoms with van der Waals surface area (Å²) in [6, 6.07) is 50.1. The van der Waals surface area contributed by atoms with E-state index in [1.54, 1.807) is 0 Å². The lowest BCUT2D eigenvalue weighted by atomic mass is 9.99. The zero-order valence-corrected chi connectivity index (χ0v) is 32.4. The minimum absolute atomic E-state index is 0.278. The number of nitrogens with zero attached hydrogens (tertiary/aromatic N) is 3. The third kappa shape index (κ3) is 5.18. The fraction of sp³-hybridized carbons (Fsp3) is 0.0769. The highest BCUT2D eigenvalue weighted by Gasteiger charge is 2.27. The highest BCUT2D eigenvalue weighted by molar-refractivity contribution is 6.31. The predicted octanol–water partition coefficient (Wildman–Crippen LogP) is 15.2. The van der Waals surface area contributed by atoms with E-state index in [9.17, 15) is 8.78 Å². The number of fused-ring (bicyclic) bond motifs is 10. The van der Waals surface area contributed by atoms with E-state index in [1.807, 2.05) is 24.3 Å². The highest BCUT2D eigenvalue weighted by atomic mass is 19.1. The number of furan rings is 1. The lowest BCUT2D eigenvalue weighted by molar-refractivity contribution is 0.627. The quantitative estimate of drug-likeness (QED) is 0.169. The summed E-state index contributed by atoms with van der Waals surface area (Å²) in [7, 11) is 0. The first-order chi connectivity index (χ1) is 28.2. The van der Waals surface area contributed by atoms with Crippen LogP contribution in [0.1, 0.15) is 22.3 Å². The van der Waals surface area contributed by atoms with Gasteiger partial charge >= 0.3 is 0 Å². The van der Waals surface area contributed by atoms with Crippen LogP contribution in [0.5, 0.6) is 0 Å². The van der Waals surface area contributed by atoms with Crippen molar-refractivity contribution in [1.82, 2.24) is 4.40 Å². The summed E-state index contributed by atoms with van der Waals surface area (Å²) >= 11 is 0. The van der Waals surface area contributed by atoms with Crippen molar-refractivity contribution in [2.45, 2.75) is 27.7 Å². The van der Waals surface area contributed by atoms with Gasteiger partial charge in [-0.25, -0.2) is 8.78 Å². The summed E-state index contributed by atoms with van der Waals surface area (Å²) in [5, 5.41) is 6.59. The monoisotopic (exact) mass is 757 g/mol. The van der Waals surface area contributed by atoms with Gasteiger partial charge in [0.05, 0.1) is 16.7 Å². The molecule has 8 aromatic carbocycles. The molecule has 0 bridgehead atoms. The van der Waals surface area contributed by atoms with E-state index in [2.05, 4.69) is 145 Å². The van der Waals surface area contributed by atoms with Gasteiger partial charge in [-0.05, 0) is 152 Å². The van der Waals surface area contributed by atoms with Gasteiger partial charge in [0.25, 0.3) is 0 Å². The van der Waals surface area contributed by atoms with Gasteiger partial charge < -0.3 is 18.6 Å². The molecule has 3 heterocycles. The molecule has 0 aliphatic rings. The normalized spacial score (nSPS) is 12.0. The summed E-state index contributed by atoms with van der Waals surface area (Å²) in [6.07, 6.45) is 0. The van der Waals surface area contributed by atoms with Crippen molar-refractivity contribution in [3.05, 3.63) is 186 Å². The molecule has 0 fully saturated rings. The molecular formula is C52H37F2N3O. The fourth-order valence-corrected chi connectivity index (χ4v) is 9.34. The predicted molar refractivity (Wildman–Crippen MR) is 237 cm³/mol. The summed E-state index contributed by atoms with van der Waals surface area (Å²) in [5.74, 6) is -0.558. The van der Waals surface area contributed by atoms with Crippen LogP contribution in [0, 0.1) is 39.3 Å². The maximum absolute atomic E-state index is 14.4. The van der Waals surface area contributed by atoms with Gasteiger partial charge in [0.15, 0.2) is 5.58 Å². The Morgan fingerprint density at radius 1 is 0.431 bits per heavy atom. The van der Waals surface area contributed by atoms with E-state index in [1.165, 1.54) is 29.7 Å². The maximum Gasteiger partial charge on any atom is 0.161 e. The van der Waals surface area contributed by atoms with Crippen molar-refractivity contribution in [3.63, 3.8) is 0 Å². The van der Waals surface area contributed by atoms with Gasteiger partial charge in [0.2, 0.25) is 0 Å². The van der Waals surface area contributed by atoms with Crippen LogP contribution in [0.15, 0.2) is 156 Å². The second kappa shape index (κ2) is 12.7. The Morgan fingerprint density at radius 3 is 1.60 bits per heavy atom. The molecule has 3 aromatic heterocycles. The number of halogens is 2. The second-order valence-corrected chi connectivity index (χ2v) is 15.6. The Hall–Kier alpha value is -7.18. The van der Waals surface area contributed by atoms with E-state index >= 15 is 0 Å². The van der Waals surface area contributed by atoms with E-state index in [-0.39, 0.29) is 11.6 Å². The summed E-state index contributed by atoms with van der Waals surface area (Å²) < 4.78 is 37.9. The van der Waals surface area contributed by atoms with Crippen LogP contribution in [-0.2, 0) is 0 Å². The van der Waals surface area contributed by atoms with Crippen molar-refractivity contribution in [1.29, 1.82) is 0 Å². The van der Waals surface area contributed by atoms with Crippen LogP contribution >= 0.6 is 0 Å². The van der Waals surface area contributed by atoms with Crippen molar-refractivity contribution in [2.24, 2.45) is 0 Å². The fourth-order valence-electron chi connectivity index (χ4n) is 9.34. The van der Waals surface area contributed by atoms with Gasteiger partial charge in [0, 0.05) is 61.4 Å².